The Hall–Kier alpha value is -2.12. The molecule has 146 valence electrons. The molecule has 0 unspecified atom stereocenters. The molecule has 2 heterocycles. The van der Waals surface area contributed by atoms with Crippen LogP contribution in [0.3, 0.4) is 0 Å². The Morgan fingerprint density at radius 2 is 2.04 bits per heavy atom. The molecule has 1 amide bonds. The van der Waals surface area contributed by atoms with E-state index in [0.717, 1.165) is 62.9 Å². The highest BCUT2D eigenvalue weighted by Crippen LogP contribution is 2.20. The molecule has 1 aliphatic heterocycles. The molecule has 0 saturated carbocycles. The van der Waals surface area contributed by atoms with Gasteiger partial charge in [-0.2, -0.15) is 0 Å². The summed E-state index contributed by atoms with van der Waals surface area (Å²) >= 11 is 0. The number of nitrogens with one attached hydrogen (secondary N) is 2. The number of aromatic nitrogens is 3. The number of likely N-dealkylation sites (tertiary alicyclic amines) is 1. The maximum Gasteiger partial charge on any atom is 0.220 e. The number of carbonyl (C=O) groups is 1. The van der Waals surface area contributed by atoms with Crippen molar-refractivity contribution in [2.45, 2.75) is 52.5 Å². The summed E-state index contributed by atoms with van der Waals surface area (Å²) in [5.41, 5.74) is 0. The van der Waals surface area contributed by atoms with Crippen molar-refractivity contribution in [2.24, 2.45) is 18.0 Å². The molecule has 8 heteroatoms. The van der Waals surface area contributed by atoms with E-state index in [0.29, 0.717) is 18.9 Å². The fourth-order valence-corrected chi connectivity index (χ4v) is 3.09. The summed E-state index contributed by atoms with van der Waals surface area (Å²) in [6.45, 7) is 7.42. The molecule has 0 spiro atoms. The van der Waals surface area contributed by atoms with Crippen LogP contribution in [-0.2, 0) is 18.4 Å². The third kappa shape index (κ3) is 5.71. The van der Waals surface area contributed by atoms with Gasteiger partial charge in [-0.15, -0.1) is 10.2 Å². The van der Waals surface area contributed by atoms with Crippen molar-refractivity contribution < 1.29 is 4.79 Å². The number of piperidine rings is 1. The van der Waals surface area contributed by atoms with Gasteiger partial charge in [-0.05, 0) is 32.1 Å². The number of carbonyl (C=O) groups excluding carboxylic acids is 1. The van der Waals surface area contributed by atoms with Gasteiger partial charge in [0.2, 0.25) is 5.91 Å². The van der Waals surface area contributed by atoms with Crippen LogP contribution in [0.15, 0.2) is 4.99 Å². The maximum absolute atomic E-state index is 11.6. The normalized spacial score (nSPS) is 16.0. The lowest BCUT2D eigenvalue weighted by atomic mass is 9.93. The number of amides is 1. The first-order valence-electron chi connectivity index (χ1n) is 9.63. The minimum Gasteiger partial charge on any atom is -0.359 e. The van der Waals surface area contributed by atoms with E-state index < -0.39 is 0 Å². The molecule has 0 atom stereocenters. The predicted molar refractivity (Wildman–Crippen MR) is 103 cm³/mol. The van der Waals surface area contributed by atoms with Gasteiger partial charge in [-0.25, -0.2) is 4.99 Å². The van der Waals surface area contributed by atoms with Gasteiger partial charge in [0.1, 0.15) is 12.4 Å². The van der Waals surface area contributed by atoms with Crippen molar-refractivity contribution in [1.82, 2.24) is 30.3 Å². The number of hydrogen-bond donors (Lipinski definition) is 2. The zero-order chi connectivity index (χ0) is 18.9. The Labute approximate surface area is 156 Å². The van der Waals surface area contributed by atoms with Gasteiger partial charge in [0.05, 0.1) is 0 Å². The third-order valence-electron chi connectivity index (χ3n) is 5.03. The smallest absolute Gasteiger partial charge is 0.220 e. The summed E-state index contributed by atoms with van der Waals surface area (Å²) in [4.78, 5) is 18.7. The number of rotatable bonds is 7. The van der Waals surface area contributed by atoms with Crippen LogP contribution in [0, 0.1) is 12.8 Å². The number of hydrogen-bond acceptors (Lipinski definition) is 4. The molecular weight excluding hydrogens is 330 g/mol. The van der Waals surface area contributed by atoms with Crippen molar-refractivity contribution >= 4 is 11.9 Å². The van der Waals surface area contributed by atoms with Crippen LogP contribution in [0.4, 0.5) is 0 Å². The molecule has 1 aromatic rings. The maximum atomic E-state index is 11.6. The lowest BCUT2D eigenvalue weighted by molar-refractivity contribution is -0.121. The van der Waals surface area contributed by atoms with Crippen molar-refractivity contribution in [3.8, 4) is 0 Å². The zero-order valence-corrected chi connectivity index (χ0v) is 16.6. The number of guanidine groups is 1. The molecule has 1 aromatic heterocycles. The molecule has 8 nitrogen and oxygen atoms in total. The Bertz CT molecular complexity index is 603. The van der Waals surface area contributed by atoms with Gasteiger partial charge in [0.25, 0.3) is 0 Å². The lowest BCUT2D eigenvalue weighted by Crippen LogP contribution is -2.46. The van der Waals surface area contributed by atoms with Gasteiger partial charge in [0, 0.05) is 40.2 Å². The predicted octanol–water partition coefficient (Wildman–Crippen LogP) is 1.22. The molecule has 0 bridgehead atoms. The first-order chi connectivity index (χ1) is 12.5. The van der Waals surface area contributed by atoms with Crippen LogP contribution in [-0.4, -0.2) is 58.2 Å². The Kier molecular flexibility index (Phi) is 7.87. The second kappa shape index (κ2) is 10.1. The molecular formula is C18H33N7O. The summed E-state index contributed by atoms with van der Waals surface area (Å²) in [6, 6.07) is 0. The third-order valence-corrected chi connectivity index (χ3v) is 5.03. The minimum atomic E-state index is 0.135. The van der Waals surface area contributed by atoms with Crippen molar-refractivity contribution in [1.29, 1.82) is 0 Å². The molecule has 0 aromatic carbocycles. The fraction of sp³-hybridized carbons (Fsp3) is 0.778. The Balaban J connectivity index is 1.97. The molecule has 1 fully saturated rings. The largest absolute Gasteiger partial charge is 0.359 e. The molecule has 0 aliphatic carbocycles. The molecule has 1 saturated heterocycles. The standard InChI is InChI=1S/C18H33N7O/c1-5-6-9-20-18(21-13-16-23-22-14(2)24(16)4)25-10-7-15(8-11-25)12-17(26)19-3/h15H,5-13H2,1-4H3,(H,19,26)(H,20,21). The van der Waals surface area contributed by atoms with E-state index in [1.165, 1.54) is 0 Å². The van der Waals surface area contributed by atoms with Gasteiger partial charge in [-0.3, -0.25) is 4.79 Å². The molecule has 2 N–H and O–H groups in total. The molecule has 1 aliphatic rings. The summed E-state index contributed by atoms with van der Waals surface area (Å²) in [7, 11) is 3.67. The van der Waals surface area contributed by atoms with Crippen molar-refractivity contribution in [3.63, 3.8) is 0 Å². The first kappa shape index (κ1) is 20.2. The summed E-state index contributed by atoms with van der Waals surface area (Å²) in [5.74, 6) is 3.30. The van der Waals surface area contributed by atoms with E-state index in [9.17, 15) is 4.79 Å². The topological polar surface area (TPSA) is 87.4 Å². The van der Waals surface area contributed by atoms with E-state index in [2.05, 4.69) is 32.7 Å². The van der Waals surface area contributed by atoms with Crippen LogP contribution >= 0.6 is 0 Å². The average molecular weight is 364 g/mol. The van der Waals surface area contributed by atoms with Crippen molar-refractivity contribution in [3.05, 3.63) is 11.6 Å². The Morgan fingerprint density at radius 1 is 1.31 bits per heavy atom. The van der Waals surface area contributed by atoms with Gasteiger partial charge >= 0.3 is 0 Å². The quantitative estimate of drug-likeness (QED) is 0.432. The number of unbranched alkanes of at least 4 members (excludes halogenated alkanes) is 1. The average Bonchev–Trinajstić information content (AvgIpc) is 2.97. The monoisotopic (exact) mass is 363 g/mol. The van der Waals surface area contributed by atoms with Crippen molar-refractivity contribution in [2.75, 3.05) is 26.7 Å². The minimum absolute atomic E-state index is 0.135. The highest BCUT2D eigenvalue weighted by molar-refractivity contribution is 5.80. The lowest BCUT2D eigenvalue weighted by Gasteiger charge is -2.34. The molecule has 0 radical (unpaired) electrons. The number of aryl methyl sites for hydroxylation is 1. The molecule has 26 heavy (non-hydrogen) atoms. The van der Waals surface area contributed by atoms with E-state index in [4.69, 9.17) is 4.99 Å². The summed E-state index contributed by atoms with van der Waals surface area (Å²) < 4.78 is 1.97. The van der Waals surface area contributed by atoms with Crippen LogP contribution < -0.4 is 10.6 Å². The zero-order valence-electron chi connectivity index (χ0n) is 16.6. The van der Waals surface area contributed by atoms with Crippen LogP contribution in [0.2, 0.25) is 0 Å². The van der Waals surface area contributed by atoms with Crippen LogP contribution in [0.5, 0.6) is 0 Å². The first-order valence-corrected chi connectivity index (χ1v) is 9.63. The molecule has 2 rings (SSSR count). The SMILES string of the molecule is CCCCNC(=NCc1nnc(C)n1C)N1CCC(CC(=O)NC)CC1. The summed E-state index contributed by atoms with van der Waals surface area (Å²) in [5, 5.41) is 14.5. The van der Waals surface area contributed by atoms with Gasteiger partial charge < -0.3 is 20.1 Å². The van der Waals surface area contributed by atoms with E-state index in [-0.39, 0.29) is 5.91 Å². The fourth-order valence-electron chi connectivity index (χ4n) is 3.09. The highest BCUT2D eigenvalue weighted by atomic mass is 16.1. The second-order valence-electron chi connectivity index (χ2n) is 6.95. The van der Waals surface area contributed by atoms with Crippen LogP contribution in [0.1, 0.15) is 50.7 Å². The van der Waals surface area contributed by atoms with E-state index in [1.807, 2.05) is 18.5 Å². The second-order valence-corrected chi connectivity index (χ2v) is 6.95. The Morgan fingerprint density at radius 3 is 2.62 bits per heavy atom. The summed E-state index contributed by atoms with van der Waals surface area (Å²) in [6.07, 6.45) is 4.93. The number of nitrogens with zero attached hydrogens (tertiary/aromatic N) is 5. The van der Waals surface area contributed by atoms with E-state index in [1.54, 1.807) is 7.05 Å². The number of aliphatic imine (C=N–C) groups is 1. The van der Waals surface area contributed by atoms with Gasteiger partial charge in [-0.1, -0.05) is 13.3 Å². The highest BCUT2D eigenvalue weighted by Gasteiger charge is 2.23. The van der Waals surface area contributed by atoms with E-state index >= 15 is 0 Å². The van der Waals surface area contributed by atoms with Gasteiger partial charge in [0.15, 0.2) is 11.8 Å². The van der Waals surface area contributed by atoms with Crippen LogP contribution in [0.25, 0.3) is 0 Å².